The predicted molar refractivity (Wildman–Crippen MR) is 108 cm³/mol. The summed E-state index contributed by atoms with van der Waals surface area (Å²) in [5.74, 6) is 0.175. The zero-order valence-electron chi connectivity index (χ0n) is 14.8. The number of nitrogens with zero attached hydrogens (tertiary/aromatic N) is 1. The van der Waals surface area contributed by atoms with Gasteiger partial charge in [-0.3, -0.25) is 0 Å². The second-order valence-electron chi connectivity index (χ2n) is 6.47. The summed E-state index contributed by atoms with van der Waals surface area (Å²) in [4.78, 5) is 6.12. The molecule has 1 unspecified atom stereocenters. The molecule has 0 radical (unpaired) electrons. The Balaban J connectivity index is 1.64. The number of sulfonamides is 1. The summed E-state index contributed by atoms with van der Waals surface area (Å²) in [7, 11) is -3.16. The molecule has 1 aromatic carbocycles. The third-order valence-corrected chi connectivity index (χ3v) is 7.36. The maximum absolute atomic E-state index is 11.7. The van der Waals surface area contributed by atoms with E-state index >= 15 is 0 Å². The molecule has 0 fully saturated rings. The molecule has 0 aliphatic carbocycles. The zero-order chi connectivity index (χ0) is 18.6. The number of halogens is 1. The fourth-order valence-corrected chi connectivity index (χ4v) is 5.46. The molecule has 2 N–H and O–H groups in total. The highest BCUT2D eigenvalue weighted by Gasteiger charge is 2.24. The lowest BCUT2D eigenvalue weighted by atomic mass is 9.99. The summed E-state index contributed by atoms with van der Waals surface area (Å²) in [6.07, 6.45) is 3.11. The first-order chi connectivity index (χ1) is 12.5. The highest BCUT2D eigenvalue weighted by molar-refractivity contribution is 7.89. The molecule has 142 valence electrons. The standard InChI is InChI=1S/C18H24ClN3O2S2/c1-2-11-26(23,24)21-10-8-17-22-18-15(20-9-7-16(18)25-17)12-13-3-5-14(19)6-4-13/h3-6,15,20-21H,2,7-12H2,1H3. The van der Waals surface area contributed by atoms with Crippen molar-refractivity contribution in [3.05, 3.63) is 50.4 Å². The first-order valence-electron chi connectivity index (χ1n) is 8.90. The van der Waals surface area contributed by atoms with Crippen molar-refractivity contribution in [3.63, 3.8) is 0 Å². The molecule has 0 bridgehead atoms. The van der Waals surface area contributed by atoms with Crippen LogP contribution in [0, 0.1) is 0 Å². The van der Waals surface area contributed by atoms with E-state index < -0.39 is 10.0 Å². The van der Waals surface area contributed by atoms with Gasteiger partial charge >= 0.3 is 0 Å². The maximum Gasteiger partial charge on any atom is 0.211 e. The van der Waals surface area contributed by atoms with Crippen molar-refractivity contribution in [1.82, 2.24) is 15.0 Å². The smallest absolute Gasteiger partial charge is 0.211 e. The molecule has 0 amide bonds. The average molecular weight is 414 g/mol. The highest BCUT2D eigenvalue weighted by atomic mass is 35.5. The minimum Gasteiger partial charge on any atom is -0.308 e. The van der Waals surface area contributed by atoms with Crippen LogP contribution in [0.1, 0.15) is 40.5 Å². The summed E-state index contributed by atoms with van der Waals surface area (Å²) in [5, 5.41) is 5.29. The van der Waals surface area contributed by atoms with Gasteiger partial charge in [-0.2, -0.15) is 0 Å². The van der Waals surface area contributed by atoms with E-state index in [1.807, 2.05) is 31.2 Å². The van der Waals surface area contributed by atoms with E-state index in [1.54, 1.807) is 11.3 Å². The summed E-state index contributed by atoms with van der Waals surface area (Å²) >= 11 is 7.67. The molecule has 1 atom stereocenters. The number of benzene rings is 1. The van der Waals surface area contributed by atoms with Crippen LogP contribution in [0.3, 0.4) is 0 Å². The number of hydrogen-bond donors (Lipinski definition) is 2. The van der Waals surface area contributed by atoms with E-state index in [1.165, 1.54) is 10.4 Å². The quantitative estimate of drug-likeness (QED) is 0.697. The van der Waals surface area contributed by atoms with Crippen LogP contribution in [-0.4, -0.2) is 32.2 Å². The second-order valence-corrected chi connectivity index (χ2v) is 10.00. The lowest BCUT2D eigenvalue weighted by Gasteiger charge is -2.23. The van der Waals surface area contributed by atoms with Gasteiger partial charge in [-0.1, -0.05) is 30.7 Å². The Labute approximate surface area is 164 Å². The van der Waals surface area contributed by atoms with Gasteiger partial charge in [-0.25, -0.2) is 18.1 Å². The fourth-order valence-electron chi connectivity index (χ4n) is 3.11. The lowest BCUT2D eigenvalue weighted by Crippen LogP contribution is -2.31. The summed E-state index contributed by atoms with van der Waals surface area (Å²) in [6.45, 7) is 3.21. The number of rotatable bonds is 8. The second kappa shape index (κ2) is 8.80. The summed E-state index contributed by atoms with van der Waals surface area (Å²) in [5.41, 5.74) is 2.34. The Morgan fingerprint density at radius 3 is 2.85 bits per heavy atom. The first kappa shape index (κ1) is 19.8. The van der Waals surface area contributed by atoms with Crippen molar-refractivity contribution in [2.24, 2.45) is 0 Å². The molecular formula is C18H24ClN3O2S2. The van der Waals surface area contributed by atoms with Crippen molar-refractivity contribution in [2.75, 3.05) is 18.8 Å². The van der Waals surface area contributed by atoms with Crippen LogP contribution in [0.4, 0.5) is 0 Å². The molecule has 5 nitrogen and oxygen atoms in total. The van der Waals surface area contributed by atoms with Crippen LogP contribution in [0.2, 0.25) is 5.02 Å². The van der Waals surface area contributed by atoms with Crippen LogP contribution < -0.4 is 10.0 Å². The summed E-state index contributed by atoms with van der Waals surface area (Å²) in [6, 6.07) is 8.12. The van der Waals surface area contributed by atoms with Crippen molar-refractivity contribution in [1.29, 1.82) is 0 Å². The van der Waals surface area contributed by atoms with Gasteiger partial charge in [0.25, 0.3) is 0 Å². The molecule has 0 saturated carbocycles. The number of hydrogen-bond acceptors (Lipinski definition) is 5. The van der Waals surface area contributed by atoms with Crippen molar-refractivity contribution in [2.45, 2.75) is 38.6 Å². The van der Waals surface area contributed by atoms with E-state index in [4.69, 9.17) is 16.6 Å². The molecular weight excluding hydrogens is 390 g/mol. The molecule has 2 aromatic rings. The minimum atomic E-state index is -3.16. The van der Waals surface area contributed by atoms with E-state index in [-0.39, 0.29) is 11.8 Å². The van der Waals surface area contributed by atoms with E-state index in [0.717, 1.165) is 35.1 Å². The normalized spacial score (nSPS) is 17.2. The third kappa shape index (κ3) is 5.27. The molecule has 26 heavy (non-hydrogen) atoms. The van der Waals surface area contributed by atoms with E-state index in [9.17, 15) is 8.42 Å². The van der Waals surface area contributed by atoms with Crippen molar-refractivity contribution >= 4 is 33.0 Å². The largest absolute Gasteiger partial charge is 0.308 e. The van der Waals surface area contributed by atoms with Gasteiger partial charge in [0.1, 0.15) is 0 Å². The zero-order valence-corrected chi connectivity index (χ0v) is 17.2. The minimum absolute atomic E-state index is 0.175. The van der Waals surface area contributed by atoms with Gasteiger partial charge in [0, 0.05) is 29.4 Å². The Bertz CT molecular complexity index is 835. The molecule has 8 heteroatoms. The first-order valence-corrected chi connectivity index (χ1v) is 11.7. The van der Waals surface area contributed by atoms with Crippen LogP contribution in [0.25, 0.3) is 0 Å². The molecule has 1 aliphatic heterocycles. The van der Waals surface area contributed by atoms with Crippen LogP contribution in [-0.2, 0) is 29.3 Å². The van der Waals surface area contributed by atoms with E-state index in [0.29, 0.717) is 19.4 Å². The van der Waals surface area contributed by atoms with Gasteiger partial charge in [0.15, 0.2) is 0 Å². The third-order valence-electron chi connectivity index (χ3n) is 4.33. The average Bonchev–Trinajstić information content (AvgIpc) is 3.00. The Hall–Kier alpha value is -0.990. The number of thiazole rings is 1. The van der Waals surface area contributed by atoms with Gasteiger partial charge in [-0.05, 0) is 37.0 Å². The highest BCUT2D eigenvalue weighted by Crippen LogP contribution is 2.30. The monoisotopic (exact) mass is 413 g/mol. The van der Waals surface area contributed by atoms with Gasteiger partial charge in [-0.15, -0.1) is 11.3 Å². The van der Waals surface area contributed by atoms with Crippen LogP contribution in [0.5, 0.6) is 0 Å². The molecule has 2 heterocycles. The van der Waals surface area contributed by atoms with Gasteiger partial charge in [0.05, 0.1) is 22.5 Å². The fraction of sp³-hybridized carbons (Fsp3) is 0.500. The predicted octanol–water partition coefficient (Wildman–Crippen LogP) is 3.10. The van der Waals surface area contributed by atoms with Crippen molar-refractivity contribution in [3.8, 4) is 0 Å². The molecule has 3 rings (SSSR count). The molecule has 1 aromatic heterocycles. The Morgan fingerprint density at radius 1 is 1.35 bits per heavy atom. The SMILES string of the molecule is CCCS(=O)(=O)NCCc1nc2c(s1)CCNC2Cc1ccc(Cl)cc1. The van der Waals surface area contributed by atoms with E-state index in [2.05, 4.69) is 10.0 Å². The molecule has 0 saturated heterocycles. The Kier molecular flexibility index (Phi) is 6.69. The number of aromatic nitrogens is 1. The summed E-state index contributed by atoms with van der Waals surface area (Å²) < 4.78 is 26.1. The maximum atomic E-state index is 11.7. The van der Waals surface area contributed by atoms with Gasteiger partial charge < -0.3 is 5.32 Å². The van der Waals surface area contributed by atoms with Crippen molar-refractivity contribution < 1.29 is 8.42 Å². The van der Waals surface area contributed by atoms with Crippen LogP contribution in [0.15, 0.2) is 24.3 Å². The Morgan fingerprint density at radius 2 is 2.12 bits per heavy atom. The van der Waals surface area contributed by atoms with Gasteiger partial charge in [0.2, 0.25) is 10.0 Å². The molecule has 1 aliphatic rings. The van der Waals surface area contributed by atoms with Crippen LogP contribution >= 0.6 is 22.9 Å². The topological polar surface area (TPSA) is 71.1 Å². The number of fused-ring (bicyclic) bond motifs is 1. The number of nitrogens with one attached hydrogen (secondary N) is 2. The lowest BCUT2D eigenvalue weighted by molar-refractivity contribution is 0.495. The molecule has 0 spiro atoms.